The van der Waals surface area contributed by atoms with E-state index in [-0.39, 0.29) is 5.97 Å². The standard InChI is InChI=1S/C20H24N2O3S/c1-13-7-4-5-8-16(13)11-24-20(23)17-9-6-10-21-19(17)26-12-18-14(2)22-25-15(18)3/h4-6,9-10,13,16H,7-8,11-12H2,1-3H3. The summed E-state index contributed by atoms with van der Waals surface area (Å²) < 4.78 is 10.8. The second-order valence-electron chi connectivity index (χ2n) is 6.73. The topological polar surface area (TPSA) is 65.2 Å². The van der Waals surface area contributed by atoms with E-state index in [0.29, 0.717) is 34.8 Å². The van der Waals surface area contributed by atoms with Gasteiger partial charge in [-0.3, -0.25) is 0 Å². The summed E-state index contributed by atoms with van der Waals surface area (Å²) in [6, 6.07) is 3.54. The molecule has 1 aliphatic carbocycles. The third kappa shape index (κ3) is 4.36. The van der Waals surface area contributed by atoms with E-state index >= 15 is 0 Å². The number of carbonyl (C=O) groups excluding carboxylic acids is 1. The summed E-state index contributed by atoms with van der Waals surface area (Å²) in [5, 5.41) is 4.64. The molecule has 5 nitrogen and oxygen atoms in total. The molecule has 6 heteroatoms. The largest absolute Gasteiger partial charge is 0.462 e. The lowest BCUT2D eigenvalue weighted by Gasteiger charge is -2.24. The number of thioether (sulfide) groups is 1. The van der Waals surface area contributed by atoms with Crippen LogP contribution < -0.4 is 0 Å². The van der Waals surface area contributed by atoms with E-state index in [2.05, 4.69) is 29.2 Å². The summed E-state index contributed by atoms with van der Waals surface area (Å²) in [6.45, 7) is 6.47. The molecule has 0 saturated carbocycles. The van der Waals surface area contributed by atoms with Gasteiger partial charge >= 0.3 is 5.97 Å². The summed E-state index contributed by atoms with van der Waals surface area (Å²) in [5.41, 5.74) is 2.43. The van der Waals surface area contributed by atoms with Gasteiger partial charge in [0, 0.05) is 17.5 Å². The molecule has 0 saturated heterocycles. The quantitative estimate of drug-likeness (QED) is 0.415. The van der Waals surface area contributed by atoms with Crippen LogP contribution in [-0.4, -0.2) is 22.7 Å². The Morgan fingerprint density at radius 3 is 2.88 bits per heavy atom. The molecule has 2 heterocycles. The van der Waals surface area contributed by atoms with Crippen LogP contribution in [0.5, 0.6) is 0 Å². The normalized spacial score (nSPS) is 19.5. The maximum Gasteiger partial charge on any atom is 0.340 e. The second-order valence-corrected chi connectivity index (χ2v) is 7.69. The van der Waals surface area contributed by atoms with Crippen molar-refractivity contribution >= 4 is 17.7 Å². The van der Waals surface area contributed by atoms with Gasteiger partial charge in [0.1, 0.15) is 10.8 Å². The smallest absolute Gasteiger partial charge is 0.340 e. The SMILES string of the molecule is Cc1noc(C)c1CSc1ncccc1C(=O)OCC1CC=CCC1C. The number of rotatable bonds is 6. The molecule has 2 aromatic rings. The molecule has 0 spiro atoms. The molecule has 0 amide bonds. The fraction of sp³-hybridized carbons (Fsp3) is 0.450. The summed E-state index contributed by atoms with van der Waals surface area (Å²) in [7, 11) is 0. The Labute approximate surface area is 158 Å². The van der Waals surface area contributed by atoms with Gasteiger partial charge in [-0.2, -0.15) is 0 Å². The van der Waals surface area contributed by atoms with Crippen LogP contribution in [0.1, 0.15) is 47.1 Å². The van der Waals surface area contributed by atoms with E-state index in [0.717, 1.165) is 29.9 Å². The molecule has 0 aromatic carbocycles. The van der Waals surface area contributed by atoms with Crippen LogP contribution in [0, 0.1) is 25.7 Å². The molecule has 0 fully saturated rings. The molecule has 0 radical (unpaired) electrons. The van der Waals surface area contributed by atoms with Gasteiger partial charge in [0.2, 0.25) is 0 Å². The van der Waals surface area contributed by atoms with Crippen LogP contribution in [0.25, 0.3) is 0 Å². The molecule has 1 aliphatic rings. The maximum absolute atomic E-state index is 12.6. The molecule has 2 aromatic heterocycles. The third-order valence-electron chi connectivity index (χ3n) is 4.87. The maximum atomic E-state index is 12.6. The fourth-order valence-corrected chi connectivity index (χ4v) is 4.14. The minimum atomic E-state index is -0.305. The fourth-order valence-electron chi connectivity index (χ4n) is 3.01. The number of aromatic nitrogens is 2. The van der Waals surface area contributed by atoms with Gasteiger partial charge in [-0.1, -0.05) is 24.2 Å². The zero-order valence-electron chi connectivity index (χ0n) is 15.4. The summed E-state index contributed by atoms with van der Waals surface area (Å²) >= 11 is 1.50. The van der Waals surface area contributed by atoms with Crippen LogP contribution in [0.2, 0.25) is 0 Å². The van der Waals surface area contributed by atoms with Crippen molar-refractivity contribution in [3.05, 3.63) is 53.1 Å². The Kier molecular flexibility index (Phi) is 6.14. The molecule has 3 rings (SSSR count). The Hall–Kier alpha value is -2.08. The van der Waals surface area contributed by atoms with Crippen molar-refractivity contribution in [1.29, 1.82) is 0 Å². The number of hydrogen-bond acceptors (Lipinski definition) is 6. The number of carbonyl (C=O) groups is 1. The number of allylic oxidation sites excluding steroid dienone is 2. The Morgan fingerprint density at radius 1 is 1.35 bits per heavy atom. The molecular weight excluding hydrogens is 348 g/mol. The zero-order valence-corrected chi connectivity index (χ0v) is 16.2. The van der Waals surface area contributed by atoms with Gasteiger partial charge in [-0.15, -0.1) is 11.8 Å². The van der Waals surface area contributed by atoms with Gasteiger partial charge in [0.25, 0.3) is 0 Å². The summed E-state index contributed by atoms with van der Waals surface area (Å²) in [4.78, 5) is 17.0. The first kappa shape index (κ1) is 18.7. The van der Waals surface area contributed by atoms with E-state index in [1.165, 1.54) is 11.8 Å². The van der Waals surface area contributed by atoms with Crippen molar-refractivity contribution in [2.75, 3.05) is 6.61 Å². The molecule has 2 atom stereocenters. The van der Waals surface area contributed by atoms with Crippen molar-refractivity contribution in [2.45, 2.75) is 44.4 Å². The van der Waals surface area contributed by atoms with E-state index in [1.807, 2.05) is 13.8 Å². The van der Waals surface area contributed by atoms with Crippen molar-refractivity contribution in [3.8, 4) is 0 Å². The van der Waals surface area contributed by atoms with E-state index in [4.69, 9.17) is 9.26 Å². The van der Waals surface area contributed by atoms with Crippen molar-refractivity contribution in [1.82, 2.24) is 10.1 Å². The lowest BCUT2D eigenvalue weighted by atomic mass is 9.85. The van der Waals surface area contributed by atoms with Crippen LogP contribution in [0.4, 0.5) is 0 Å². The minimum absolute atomic E-state index is 0.305. The summed E-state index contributed by atoms with van der Waals surface area (Å²) in [5.74, 6) is 2.08. The first-order chi connectivity index (χ1) is 12.6. The molecule has 138 valence electrons. The van der Waals surface area contributed by atoms with Crippen LogP contribution in [0.15, 0.2) is 40.0 Å². The molecule has 2 unspecified atom stereocenters. The highest BCUT2D eigenvalue weighted by Crippen LogP contribution is 2.29. The third-order valence-corrected chi connectivity index (χ3v) is 5.90. The van der Waals surface area contributed by atoms with Crippen molar-refractivity contribution < 1.29 is 14.1 Å². The van der Waals surface area contributed by atoms with Gasteiger partial charge in [0.05, 0.1) is 17.9 Å². The number of ether oxygens (including phenoxy) is 1. The first-order valence-electron chi connectivity index (χ1n) is 8.88. The molecule has 26 heavy (non-hydrogen) atoms. The number of pyridine rings is 1. The Morgan fingerprint density at radius 2 is 2.15 bits per heavy atom. The molecule has 0 bridgehead atoms. The van der Waals surface area contributed by atoms with Gasteiger partial charge in [-0.05, 0) is 50.7 Å². The van der Waals surface area contributed by atoms with E-state index in [9.17, 15) is 4.79 Å². The molecular formula is C20H24N2O3S. The monoisotopic (exact) mass is 372 g/mol. The lowest BCUT2D eigenvalue weighted by Crippen LogP contribution is -2.22. The van der Waals surface area contributed by atoms with Gasteiger partial charge in [-0.25, -0.2) is 9.78 Å². The highest BCUT2D eigenvalue weighted by molar-refractivity contribution is 7.98. The minimum Gasteiger partial charge on any atom is -0.462 e. The Balaban J connectivity index is 1.64. The average Bonchev–Trinajstić information content (AvgIpc) is 2.97. The second kappa shape index (κ2) is 8.54. The van der Waals surface area contributed by atoms with Gasteiger partial charge in [0.15, 0.2) is 0 Å². The van der Waals surface area contributed by atoms with Crippen molar-refractivity contribution in [3.63, 3.8) is 0 Å². The number of aryl methyl sites for hydroxylation is 2. The first-order valence-corrected chi connectivity index (χ1v) is 9.86. The van der Waals surface area contributed by atoms with Crippen LogP contribution in [0.3, 0.4) is 0 Å². The van der Waals surface area contributed by atoms with Crippen LogP contribution in [-0.2, 0) is 10.5 Å². The Bertz CT molecular complexity index is 781. The van der Waals surface area contributed by atoms with E-state index in [1.54, 1.807) is 18.3 Å². The van der Waals surface area contributed by atoms with E-state index < -0.39 is 0 Å². The van der Waals surface area contributed by atoms with Crippen LogP contribution >= 0.6 is 11.8 Å². The summed E-state index contributed by atoms with van der Waals surface area (Å²) in [6.07, 6.45) is 8.09. The molecule has 0 N–H and O–H groups in total. The average molecular weight is 372 g/mol. The predicted molar refractivity (Wildman–Crippen MR) is 101 cm³/mol. The molecule has 0 aliphatic heterocycles. The highest BCUT2D eigenvalue weighted by atomic mass is 32.2. The van der Waals surface area contributed by atoms with Gasteiger partial charge < -0.3 is 9.26 Å². The number of esters is 1. The lowest BCUT2D eigenvalue weighted by molar-refractivity contribution is 0.0390. The highest BCUT2D eigenvalue weighted by Gasteiger charge is 2.22. The predicted octanol–water partition coefficient (Wildman–Crippen LogP) is 4.74. The number of hydrogen-bond donors (Lipinski definition) is 0. The van der Waals surface area contributed by atoms with Crippen molar-refractivity contribution in [2.24, 2.45) is 11.8 Å². The number of nitrogens with zero attached hydrogens (tertiary/aromatic N) is 2. The zero-order chi connectivity index (χ0) is 18.5.